The second kappa shape index (κ2) is 7.85. The molecule has 2 aromatic rings. The third-order valence-electron chi connectivity index (χ3n) is 3.73. The number of nitro groups is 1. The summed E-state index contributed by atoms with van der Waals surface area (Å²) in [4.78, 5) is 24.3. The molecule has 0 saturated heterocycles. The van der Waals surface area contributed by atoms with Gasteiger partial charge in [0.25, 0.3) is 11.2 Å². The number of hydrogen-bond acceptors (Lipinski definition) is 5. The first-order valence-corrected chi connectivity index (χ1v) is 7.63. The van der Waals surface area contributed by atoms with Crippen LogP contribution in [0.2, 0.25) is 0 Å². The SMILES string of the molecule is Cc1cc(=O)n(CC(O)CN(C)Cc2ccccc2)cc1[N+](=O)[O-]. The summed E-state index contributed by atoms with van der Waals surface area (Å²) < 4.78 is 1.19. The van der Waals surface area contributed by atoms with Crippen LogP contribution < -0.4 is 5.56 Å². The Balaban J connectivity index is 2.01. The van der Waals surface area contributed by atoms with Crippen molar-refractivity contribution < 1.29 is 10.0 Å². The number of nitrogens with zero attached hydrogens (tertiary/aromatic N) is 3. The first-order valence-electron chi connectivity index (χ1n) is 7.63. The maximum atomic E-state index is 11.9. The summed E-state index contributed by atoms with van der Waals surface area (Å²) in [5.41, 5.74) is 0.953. The zero-order valence-electron chi connectivity index (χ0n) is 13.8. The van der Waals surface area contributed by atoms with E-state index >= 15 is 0 Å². The molecule has 0 amide bonds. The first-order chi connectivity index (χ1) is 11.4. The highest BCUT2D eigenvalue weighted by Crippen LogP contribution is 2.14. The van der Waals surface area contributed by atoms with Crippen molar-refractivity contribution in [3.8, 4) is 0 Å². The zero-order chi connectivity index (χ0) is 17.7. The van der Waals surface area contributed by atoms with Gasteiger partial charge in [-0.1, -0.05) is 30.3 Å². The van der Waals surface area contributed by atoms with Crippen molar-refractivity contribution in [1.82, 2.24) is 9.47 Å². The maximum Gasteiger partial charge on any atom is 0.288 e. The van der Waals surface area contributed by atoms with Crippen LogP contribution in [0.4, 0.5) is 5.69 Å². The largest absolute Gasteiger partial charge is 0.390 e. The normalized spacial score (nSPS) is 12.3. The van der Waals surface area contributed by atoms with Crippen molar-refractivity contribution in [3.63, 3.8) is 0 Å². The Morgan fingerprint density at radius 1 is 1.33 bits per heavy atom. The van der Waals surface area contributed by atoms with E-state index in [1.54, 1.807) is 0 Å². The number of pyridine rings is 1. The fraction of sp³-hybridized carbons (Fsp3) is 0.353. The summed E-state index contributed by atoms with van der Waals surface area (Å²) in [6.07, 6.45) is 0.386. The van der Waals surface area contributed by atoms with Crippen LogP contribution in [0.25, 0.3) is 0 Å². The van der Waals surface area contributed by atoms with Crippen LogP contribution in [0.3, 0.4) is 0 Å². The molecule has 128 valence electrons. The number of benzene rings is 1. The van der Waals surface area contributed by atoms with Gasteiger partial charge in [-0.3, -0.25) is 19.8 Å². The van der Waals surface area contributed by atoms with E-state index in [0.29, 0.717) is 18.7 Å². The molecule has 0 spiro atoms. The van der Waals surface area contributed by atoms with Gasteiger partial charge < -0.3 is 9.67 Å². The molecular weight excluding hydrogens is 310 g/mol. The van der Waals surface area contributed by atoms with Gasteiger partial charge >= 0.3 is 0 Å². The minimum absolute atomic E-state index is 0.0130. The molecule has 2 rings (SSSR count). The molecular formula is C17H21N3O4. The van der Waals surface area contributed by atoms with Crippen LogP contribution >= 0.6 is 0 Å². The summed E-state index contributed by atoms with van der Waals surface area (Å²) in [5, 5.41) is 21.2. The highest BCUT2D eigenvalue weighted by Gasteiger charge is 2.16. The summed E-state index contributed by atoms with van der Waals surface area (Å²) in [6.45, 7) is 2.55. The van der Waals surface area contributed by atoms with Crippen molar-refractivity contribution >= 4 is 5.69 Å². The second-order valence-electron chi connectivity index (χ2n) is 5.93. The average Bonchev–Trinajstić information content (AvgIpc) is 2.50. The smallest absolute Gasteiger partial charge is 0.288 e. The van der Waals surface area contributed by atoms with Crippen LogP contribution in [-0.2, 0) is 13.1 Å². The van der Waals surface area contributed by atoms with Gasteiger partial charge in [0.2, 0.25) is 0 Å². The Bertz CT molecular complexity index is 758. The van der Waals surface area contributed by atoms with Crippen molar-refractivity contribution in [2.75, 3.05) is 13.6 Å². The molecule has 1 heterocycles. The van der Waals surface area contributed by atoms with E-state index in [2.05, 4.69) is 0 Å². The molecule has 1 N–H and O–H groups in total. The lowest BCUT2D eigenvalue weighted by Crippen LogP contribution is -2.34. The third-order valence-corrected chi connectivity index (χ3v) is 3.73. The molecule has 7 heteroatoms. The lowest BCUT2D eigenvalue weighted by molar-refractivity contribution is -0.386. The fourth-order valence-corrected chi connectivity index (χ4v) is 2.59. The molecule has 24 heavy (non-hydrogen) atoms. The van der Waals surface area contributed by atoms with Crippen LogP contribution in [0, 0.1) is 17.0 Å². The quantitative estimate of drug-likeness (QED) is 0.614. The van der Waals surface area contributed by atoms with Crippen molar-refractivity contribution in [2.45, 2.75) is 26.1 Å². The number of aliphatic hydroxyl groups is 1. The molecule has 0 radical (unpaired) electrons. The monoisotopic (exact) mass is 331 g/mol. The highest BCUT2D eigenvalue weighted by molar-refractivity contribution is 5.35. The minimum atomic E-state index is -0.807. The number of aryl methyl sites for hydroxylation is 1. The summed E-state index contributed by atoms with van der Waals surface area (Å²) in [7, 11) is 1.87. The van der Waals surface area contributed by atoms with Gasteiger partial charge in [0, 0.05) is 24.7 Å². The van der Waals surface area contributed by atoms with E-state index in [4.69, 9.17) is 0 Å². The molecule has 0 aliphatic heterocycles. The summed E-state index contributed by atoms with van der Waals surface area (Å²) >= 11 is 0. The van der Waals surface area contributed by atoms with E-state index in [9.17, 15) is 20.0 Å². The highest BCUT2D eigenvalue weighted by atomic mass is 16.6. The molecule has 1 atom stereocenters. The van der Waals surface area contributed by atoms with E-state index in [0.717, 1.165) is 5.56 Å². The molecule has 0 aliphatic carbocycles. The van der Waals surface area contributed by atoms with Gasteiger partial charge in [-0.15, -0.1) is 0 Å². The molecule has 1 unspecified atom stereocenters. The number of likely N-dealkylation sites (N-methyl/N-ethyl adjacent to an activating group) is 1. The van der Waals surface area contributed by atoms with Crippen LogP contribution in [0.5, 0.6) is 0 Å². The van der Waals surface area contributed by atoms with Gasteiger partial charge in [-0.05, 0) is 19.5 Å². The predicted molar refractivity (Wildman–Crippen MR) is 90.9 cm³/mol. The van der Waals surface area contributed by atoms with E-state index < -0.39 is 11.0 Å². The van der Waals surface area contributed by atoms with E-state index in [1.807, 2.05) is 42.3 Å². The Kier molecular flexibility index (Phi) is 5.83. The van der Waals surface area contributed by atoms with Gasteiger partial charge in [0.1, 0.15) is 0 Å². The van der Waals surface area contributed by atoms with Gasteiger partial charge in [-0.2, -0.15) is 0 Å². The Morgan fingerprint density at radius 2 is 2.00 bits per heavy atom. The van der Waals surface area contributed by atoms with E-state index in [1.165, 1.54) is 23.8 Å². The van der Waals surface area contributed by atoms with Crippen molar-refractivity contribution in [2.24, 2.45) is 0 Å². The van der Waals surface area contributed by atoms with E-state index in [-0.39, 0.29) is 17.8 Å². The Hall–Kier alpha value is -2.51. The molecule has 0 aliphatic rings. The third kappa shape index (κ3) is 4.74. The summed E-state index contributed by atoms with van der Waals surface area (Å²) in [5.74, 6) is 0. The standard InChI is InChI=1S/C17H21N3O4/c1-13-8-17(22)19(12-16(13)20(23)24)11-15(21)10-18(2)9-14-6-4-3-5-7-14/h3-8,12,15,21H,9-11H2,1-2H3. The average molecular weight is 331 g/mol. The Morgan fingerprint density at radius 3 is 2.62 bits per heavy atom. The van der Waals surface area contributed by atoms with Gasteiger partial charge in [0.05, 0.1) is 23.8 Å². The number of hydrogen-bond donors (Lipinski definition) is 1. The molecule has 0 saturated carbocycles. The first kappa shape index (κ1) is 17.8. The molecule has 0 fully saturated rings. The van der Waals surface area contributed by atoms with Gasteiger partial charge in [0.15, 0.2) is 0 Å². The lowest BCUT2D eigenvalue weighted by atomic mass is 10.2. The second-order valence-corrected chi connectivity index (χ2v) is 5.93. The number of rotatable bonds is 7. The predicted octanol–water partition coefficient (Wildman–Crippen LogP) is 1.56. The van der Waals surface area contributed by atoms with Crippen molar-refractivity contribution in [1.29, 1.82) is 0 Å². The van der Waals surface area contributed by atoms with Crippen LogP contribution in [0.15, 0.2) is 47.4 Å². The fourth-order valence-electron chi connectivity index (χ4n) is 2.59. The van der Waals surface area contributed by atoms with Crippen LogP contribution in [0.1, 0.15) is 11.1 Å². The van der Waals surface area contributed by atoms with Gasteiger partial charge in [-0.25, -0.2) is 0 Å². The molecule has 1 aromatic heterocycles. The molecule has 1 aromatic carbocycles. The number of aliphatic hydroxyl groups excluding tert-OH is 1. The molecule has 0 bridgehead atoms. The minimum Gasteiger partial charge on any atom is -0.390 e. The zero-order valence-corrected chi connectivity index (χ0v) is 13.8. The summed E-state index contributed by atoms with van der Waals surface area (Å²) in [6, 6.07) is 11.1. The Labute approximate surface area is 139 Å². The molecule has 7 nitrogen and oxygen atoms in total. The van der Waals surface area contributed by atoms with Crippen LogP contribution in [-0.4, -0.2) is 39.2 Å². The van der Waals surface area contributed by atoms with Crippen molar-refractivity contribution in [3.05, 3.63) is 74.2 Å². The number of aromatic nitrogens is 1. The maximum absolute atomic E-state index is 11.9. The topological polar surface area (TPSA) is 88.6 Å². The lowest BCUT2D eigenvalue weighted by Gasteiger charge is -2.21.